The molecule has 2 rings (SSSR count). The number of amides is 1. The van der Waals surface area contributed by atoms with Gasteiger partial charge < -0.3 is 10.1 Å². The Morgan fingerprint density at radius 3 is 2.40 bits per heavy atom. The Hall–Kier alpha value is -2.51. The first-order valence-corrected chi connectivity index (χ1v) is 7.99. The summed E-state index contributed by atoms with van der Waals surface area (Å²) in [6, 6.07) is 1.32. The first kappa shape index (κ1) is 18.8. The maximum absolute atomic E-state index is 13.7. The van der Waals surface area contributed by atoms with Gasteiger partial charge in [-0.3, -0.25) is 4.68 Å². The number of carbonyl (C=O) groups is 1. The Morgan fingerprint density at radius 2 is 1.84 bits per heavy atom. The van der Waals surface area contributed by atoms with E-state index in [1.165, 1.54) is 10.7 Å². The van der Waals surface area contributed by atoms with Crippen LogP contribution in [-0.2, 0) is 11.3 Å². The fraction of sp³-hybridized carbons (Fsp3) is 0.529. The number of nitrogens with one attached hydrogen (secondary N) is 1. The monoisotopic (exact) mass is 349 g/mol. The van der Waals surface area contributed by atoms with Crippen LogP contribution in [0.3, 0.4) is 0 Å². The van der Waals surface area contributed by atoms with Gasteiger partial charge in [-0.1, -0.05) is 0 Å². The van der Waals surface area contributed by atoms with Gasteiger partial charge in [0, 0.05) is 24.0 Å². The second-order valence-corrected chi connectivity index (χ2v) is 7.54. The first-order chi connectivity index (χ1) is 11.5. The molecule has 0 bridgehead atoms. The number of hydrogen-bond donors (Lipinski definition) is 1. The molecule has 0 fully saturated rings. The van der Waals surface area contributed by atoms with Crippen molar-refractivity contribution in [1.29, 1.82) is 0 Å². The predicted molar refractivity (Wildman–Crippen MR) is 91.4 cm³/mol. The van der Waals surface area contributed by atoms with E-state index < -0.39 is 23.2 Å². The normalized spacial score (nSPS) is 12.1. The molecule has 0 spiro atoms. The van der Waals surface area contributed by atoms with E-state index in [9.17, 15) is 9.18 Å². The van der Waals surface area contributed by atoms with Gasteiger partial charge in [0.05, 0.1) is 17.8 Å². The van der Waals surface area contributed by atoms with Gasteiger partial charge in [0.25, 0.3) is 0 Å². The number of hydrogen-bond acceptors (Lipinski definition) is 5. The van der Waals surface area contributed by atoms with Crippen LogP contribution in [0.15, 0.2) is 18.5 Å². The smallest absolute Gasteiger partial charge is 0.408 e. The lowest BCUT2D eigenvalue weighted by molar-refractivity contribution is 0.0462. The Balaban J connectivity index is 2.19. The fourth-order valence-electron chi connectivity index (χ4n) is 2.26. The molecule has 0 unspecified atom stereocenters. The van der Waals surface area contributed by atoms with E-state index in [-0.39, 0.29) is 6.54 Å². The molecular formula is C17H24FN5O2. The van der Waals surface area contributed by atoms with E-state index in [4.69, 9.17) is 4.74 Å². The molecule has 0 aromatic carbocycles. The largest absolute Gasteiger partial charge is 0.444 e. The second-order valence-electron chi connectivity index (χ2n) is 7.54. The zero-order valence-electron chi connectivity index (χ0n) is 15.4. The number of carbonyl (C=O) groups excluding carboxylic acids is 1. The van der Waals surface area contributed by atoms with Crippen LogP contribution in [0.5, 0.6) is 0 Å². The maximum atomic E-state index is 13.7. The number of ether oxygens (including phenoxy) is 1. The molecule has 0 radical (unpaired) electrons. The number of aryl methyl sites for hydroxylation is 1. The summed E-state index contributed by atoms with van der Waals surface area (Å²) in [5.74, 6) is 0.0193. The third-order valence-corrected chi connectivity index (χ3v) is 3.21. The first-order valence-electron chi connectivity index (χ1n) is 7.99. The van der Waals surface area contributed by atoms with Crippen LogP contribution in [0.2, 0.25) is 0 Å². The van der Waals surface area contributed by atoms with Crippen molar-refractivity contribution in [3.05, 3.63) is 30.2 Å². The van der Waals surface area contributed by atoms with Crippen molar-refractivity contribution >= 4 is 6.09 Å². The zero-order valence-corrected chi connectivity index (χ0v) is 15.4. The molecule has 0 aliphatic rings. The van der Waals surface area contributed by atoms with Crippen LogP contribution in [0.4, 0.5) is 9.18 Å². The van der Waals surface area contributed by atoms with Crippen molar-refractivity contribution in [2.24, 2.45) is 0 Å². The van der Waals surface area contributed by atoms with Crippen LogP contribution < -0.4 is 5.32 Å². The molecule has 0 saturated heterocycles. The molecule has 1 amide bonds. The van der Waals surface area contributed by atoms with Crippen molar-refractivity contribution in [3.63, 3.8) is 0 Å². The summed E-state index contributed by atoms with van der Waals surface area (Å²) >= 11 is 0. The van der Waals surface area contributed by atoms with Crippen LogP contribution in [0, 0.1) is 12.9 Å². The molecule has 0 atom stereocenters. The van der Waals surface area contributed by atoms with Crippen molar-refractivity contribution in [3.8, 4) is 11.3 Å². The minimum atomic E-state index is -0.707. The van der Waals surface area contributed by atoms with Crippen molar-refractivity contribution in [1.82, 2.24) is 25.1 Å². The number of alkyl carbamates (subject to hydrolysis) is 1. The Kier molecular flexibility index (Phi) is 5.10. The molecule has 0 aliphatic heterocycles. The standard InChI is InChI=1S/C17H24FN5O2/c1-11-19-8-12(9-20-11)13-7-14(18)22-23(13)10-17(5,6)21-15(24)25-16(2,3)4/h7-9H,10H2,1-6H3,(H,21,24). The van der Waals surface area contributed by atoms with Gasteiger partial charge in [-0.15, -0.1) is 5.10 Å². The summed E-state index contributed by atoms with van der Waals surface area (Å²) < 4.78 is 20.5. The Labute approximate surface area is 146 Å². The molecule has 7 nitrogen and oxygen atoms in total. The molecule has 2 aromatic rings. The molecule has 8 heteroatoms. The quantitative estimate of drug-likeness (QED) is 0.917. The Bertz CT molecular complexity index is 747. The number of aromatic nitrogens is 4. The van der Waals surface area contributed by atoms with Crippen LogP contribution >= 0.6 is 0 Å². The molecule has 136 valence electrons. The molecular weight excluding hydrogens is 325 g/mol. The number of rotatable bonds is 4. The fourth-order valence-corrected chi connectivity index (χ4v) is 2.26. The SMILES string of the molecule is Cc1ncc(-c2cc(F)nn2CC(C)(C)NC(=O)OC(C)(C)C)cn1. The summed E-state index contributed by atoms with van der Waals surface area (Å²) in [4.78, 5) is 20.3. The van der Waals surface area contributed by atoms with E-state index in [2.05, 4.69) is 20.4 Å². The van der Waals surface area contributed by atoms with E-state index in [0.717, 1.165) is 0 Å². The minimum Gasteiger partial charge on any atom is -0.444 e. The molecule has 25 heavy (non-hydrogen) atoms. The lowest BCUT2D eigenvalue weighted by Gasteiger charge is -2.29. The van der Waals surface area contributed by atoms with Crippen molar-refractivity contribution < 1.29 is 13.9 Å². The minimum absolute atomic E-state index is 0.249. The van der Waals surface area contributed by atoms with Gasteiger partial charge in [-0.05, 0) is 41.5 Å². The molecule has 2 aromatic heterocycles. The highest BCUT2D eigenvalue weighted by molar-refractivity contribution is 5.68. The molecule has 1 N–H and O–H groups in total. The van der Waals surface area contributed by atoms with Gasteiger partial charge in [0.2, 0.25) is 5.95 Å². The summed E-state index contributed by atoms with van der Waals surface area (Å²) in [5, 5.41) is 6.66. The summed E-state index contributed by atoms with van der Waals surface area (Å²) in [5.41, 5.74) is -0.115. The maximum Gasteiger partial charge on any atom is 0.408 e. The summed E-state index contributed by atoms with van der Waals surface area (Å²) in [6.07, 6.45) is 2.69. The van der Waals surface area contributed by atoms with Crippen molar-refractivity contribution in [2.75, 3.05) is 0 Å². The van der Waals surface area contributed by atoms with Crippen LogP contribution in [0.25, 0.3) is 11.3 Å². The average molecular weight is 349 g/mol. The summed E-state index contributed by atoms with van der Waals surface area (Å²) in [7, 11) is 0. The second kappa shape index (κ2) is 6.78. The lowest BCUT2D eigenvalue weighted by atomic mass is 10.1. The predicted octanol–water partition coefficient (Wildman–Crippen LogP) is 3.09. The summed E-state index contributed by atoms with van der Waals surface area (Å²) in [6.45, 7) is 11.0. The topological polar surface area (TPSA) is 81.9 Å². The van der Waals surface area contributed by atoms with Crippen molar-refractivity contribution in [2.45, 2.75) is 59.2 Å². The number of nitrogens with zero attached hydrogens (tertiary/aromatic N) is 4. The highest BCUT2D eigenvalue weighted by Crippen LogP contribution is 2.21. The van der Waals surface area contributed by atoms with Crippen LogP contribution in [-0.4, -0.2) is 37.0 Å². The van der Waals surface area contributed by atoms with Gasteiger partial charge in [0.15, 0.2) is 0 Å². The molecule has 0 aliphatic carbocycles. The zero-order chi connectivity index (χ0) is 18.8. The van der Waals surface area contributed by atoms with E-state index >= 15 is 0 Å². The van der Waals surface area contributed by atoms with E-state index in [1.807, 2.05) is 13.8 Å². The van der Waals surface area contributed by atoms with E-state index in [0.29, 0.717) is 17.1 Å². The van der Waals surface area contributed by atoms with Gasteiger partial charge >= 0.3 is 6.09 Å². The third-order valence-electron chi connectivity index (χ3n) is 3.21. The van der Waals surface area contributed by atoms with Crippen LogP contribution in [0.1, 0.15) is 40.4 Å². The molecule has 0 saturated carbocycles. The Morgan fingerprint density at radius 1 is 1.24 bits per heavy atom. The average Bonchev–Trinajstić information content (AvgIpc) is 2.76. The number of halogens is 1. The van der Waals surface area contributed by atoms with E-state index in [1.54, 1.807) is 40.1 Å². The third kappa shape index (κ3) is 5.51. The highest BCUT2D eigenvalue weighted by atomic mass is 19.1. The van der Waals surface area contributed by atoms with Gasteiger partial charge in [-0.25, -0.2) is 14.8 Å². The van der Waals surface area contributed by atoms with Gasteiger partial charge in [-0.2, -0.15) is 4.39 Å². The lowest BCUT2D eigenvalue weighted by Crippen LogP contribution is -2.48. The molecule has 2 heterocycles. The van der Waals surface area contributed by atoms with Gasteiger partial charge in [0.1, 0.15) is 11.4 Å². The highest BCUT2D eigenvalue weighted by Gasteiger charge is 2.26.